The van der Waals surface area contributed by atoms with Crippen LogP contribution in [0.4, 0.5) is 5.69 Å². The number of hydrogen-bond acceptors (Lipinski definition) is 2. The van der Waals surface area contributed by atoms with E-state index in [1.54, 1.807) is 0 Å². The van der Waals surface area contributed by atoms with Crippen molar-refractivity contribution >= 4 is 23.0 Å². The van der Waals surface area contributed by atoms with Gasteiger partial charge in [0.25, 0.3) is 0 Å². The predicted octanol–water partition coefficient (Wildman–Crippen LogP) is 5.45. The minimum absolute atomic E-state index is 0.503. The summed E-state index contributed by atoms with van der Waals surface area (Å²) >= 11 is 5.95. The average molecular weight is 410 g/mol. The lowest BCUT2D eigenvalue weighted by molar-refractivity contribution is 0.178. The molecule has 1 N–H and O–H groups in total. The summed E-state index contributed by atoms with van der Waals surface area (Å²) in [6, 6.07) is 17.7. The van der Waals surface area contributed by atoms with Crippen molar-refractivity contribution in [2.75, 3.05) is 32.0 Å². The molecule has 0 bridgehead atoms. The molecule has 2 aromatic carbocycles. The van der Waals surface area contributed by atoms with Gasteiger partial charge in [0.2, 0.25) is 0 Å². The molecule has 4 heteroatoms. The molecule has 3 nitrogen and oxygen atoms in total. The minimum Gasteiger partial charge on any atom is -0.346 e. The molecule has 0 aliphatic carbocycles. The van der Waals surface area contributed by atoms with E-state index in [0.717, 1.165) is 49.7 Å². The zero-order valence-electron chi connectivity index (χ0n) is 18.3. The van der Waals surface area contributed by atoms with Crippen molar-refractivity contribution in [3.8, 4) is 0 Å². The Bertz CT molecular complexity index is 795. The molecule has 0 atom stereocenters. The maximum atomic E-state index is 5.95. The Balaban J connectivity index is 1.75. The van der Waals surface area contributed by atoms with E-state index in [1.165, 1.54) is 16.7 Å². The normalized spacial score (nSPS) is 15.5. The van der Waals surface area contributed by atoms with E-state index in [4.69, 9.17) is 12.2 Å². The van der Waals surface area contributed by atoms with E-state index >= 15 is 0 Å². The first-order valence-corrected chi connectivity index (χ1v) is 11.3. The van der Waals surface area contributed by atoms with Crippen LogP contribution >= 0.6 is 12.2 Å². The third kappa shape index (κ3) is 5.80. The molecule has 3 rings (SSSR count). The Labute approximate surface area is 182 Å². The van der Waals surface area contributed by atoms with Crippen molar-refractivity contribution in [2.24, 2.45) is 0 Å². The monoisotopic (exact) mass is 409 g/mol. The Kier molecular flexibility index (Phi) is 7.68. The number of nitrogens with zero attached hydrogens (tertiary/aromatic N) is 2. The van der Waals surface area contributed by atoms with Gasteiger partial charge in [0, 0.05) is 18.3 Å². The van der Waals surface area contributed by atoms with Gasteiger partial charge < -0.3 is 15.1 Å². The highest BCUT2D eigenvalue weighted by molar-refractivity contribution is 7.80. The zero-order chi connectivity index (χ0) is 20.8. The fourth-order valence-electron chi connectivity index (χ4n) is 4.25. The maximum absolute atomic E-state index is 5.95. The van der Waals surface area contributed by atoms with E-state index in [1.807, 2.05) is 0 Å². The van der Waals surface area contributed by atoms with Crippen molar-refractivity contribution in [1.29, 1.82) is 0 Å². The van der Waals surface area contributed by atoms with Crippen molar-refractivity contribution in [1.82, 2.24) is 9.80 Å². The van der Waals surface area contributed by atoms with Crippen LogP contribution in [-0.4, -0.2) is 47.6 Å². The number of rotatable bonds is 6. The summed E-state index contributed by atoms with van der Waals surface area (Å²) in [6.45, 7) is 9.91. The molecule has 0 radical (unpaired) electrons. The van der Waals surface area contributed by atoms with Gasteiger partial charge in [0.1, 0.15) is 0 Å². The van der Waals surface area contributed by atoms with E-state index in [-0.39, 0.29) is 0 Å². The van der Waals surface area contributed by atoms with Gasteiger partial charge in [-0.15, -0.1) is 0 Å². The number of thiocarbonyl (C=S) groups is 1. The first-order chi connectivity index (χ1) is 14.0. The molecule has 1 saturated heterocycles. The number of benzene rings is 2. The van der Waals surface area contributed by atoms with Crippen LogP contribution < -0.4 is 5.32 Å². The Morgan fingerprint density at radius 3 is 2.45 bits per heavy atom. The highest BCUT2D eigenvalue weighted by Gasteiger charge is 2.25. The lowest BCUT2D eigenvalue weighted by Gasteiger charge is -2.39. The summed E-state index contributed by atoms with van der Waals surface area (Å²) in [5, 5.41) is 4.45. The summed E-state index contributed by atoms with van der Waals surface area (Å²) < 4.78 is 0. The maximum Gasteiger partial charge on any atom is 0.173 e. The van der Waals surface area contributed by atoms with Crippen LogP contribution in [0.5, 0.6) is 0 Å². The van der Waals surface area contributed by atoms with Crippen molar-refractivity contribution in [2.45, 2.75) is 52.0 Å². The van der Waals surface area contributed by atoms with E-state index in [9.17, 15) is 0 Å². The van der Waals surface area contributed by atoms with Crippen LogP contribution in [0.15, 0.2) is 48.5 Å². The van der Waals surface area contributed by atoms with Crippen LogP contribution in [-0.2, 0) is 6.42 Å². The SMILES string of the molecule is Cc1c(NC(=S)N(CCc2ccccc2)C2CCN(C)CC2)cccc1C(C)C. The largest absolute Gasteiger partial charge is 0.346 e. The van der Waals surface area contributed by atoms with Crippen molar-refractivity contribution in [3.63, 3.8) is 0 Å². The first-order valence-electron chi connectivity index (χ1n) is 10.8. The Morgan fingerprint density at radius 2 is 1.79 bits per heavy atom. The molecule has 156 valence electrons. The van der Waals surface area contributed by atoms with Gasteiger partial charge >= 0.3 is 0 Å². The Hall–Kier alpha value is -1.91. The second kappa shape index (κ2) is 10.2. The summed E-state index contributed by atoms with van der Waals surface area (Å²) in [5.74, 6) is 0.508. The Morgan fingerprint density at radius 1 is 1.10 bits per heavy atom. The van der Waals surface area contributed by atoms with Gasteiger partial charge in [-0.2, -0.15) is 0 Å². The molecule has 29 heavy (non-hydrogen) atoms. The molecule has 0 spiro atoms. The second-order valence-corrected chi connectivity index (χ2v) is 8.95. The third-order valence-corrected chi connectivity index (χ3v) is 6.45. The summed E-state index contributed by atoms with van der Waals surface area (Å²) in [7, 11) is 2.21. The first kappa shape index (κ1) is 21.8. The number of piperidine rings is 1. The number of anilines is 1. The minimum atomic E-state index is 0.503. The molecular formula is C25H35N3S. The molecule has 1 aliphatic rings. The fourth-order valence-corrected chi connectivity index (χ4v) is 4.60. The zero-order valence-corrected chi connectivity index (χ0v) is 19.1. The summed E-state index contributed by atoms with van der Waals surface area (Å²) in [6.07, 6.45) is 3.34. The van der Waals surface area contributed by atoms with E-state index in [2.05, 4.69) is 91.5 Å². The van der Waals surface area contributed by atoms with Gasteiger partial charge in [-0.1, -0.05) is 56.3 Å². The third-order valence-electron chi connectivity index (χ3n) is 6.11. The molecule has 0 saturated carbocycles. The van der Waals surface area contributed by atoms with Gasteiger partial charge in [-0.05, 0) is 87.2 Å². The number of hydrogen-bond donors (Lipinski definition) is 1. The van der Waals surface area contributed by atoms with Crippen LogP contribution in [0.25, 0.3) is 0 Å². The predicted molar refractivity (Wildman–Crippen MR) is 129 cm³/mol. The van der Waals surface area contributed by atoms with Crippen LogP contribution in [0.3, 0.4) is 0 Å². The van der Waals surface area contributed by atoms with Crippen molar-refractivity contribution < 1.29 is 0 Å². The van der Waals surface area contributed by atoms with E-state index in [0.29, 0.717) is 12.0 Å². The van der Waals surface area contributed by atoms with Crippen LogP contribution in [0.2, 0.25) is 0 Å². The molecule has 2 aromatic rings. The van der Waals surface area contributed by atoms with Crippen LogP contribution in [0.1, 0.15) is 49.3 Å². The molecule has 1 fully saturated rings. The lowest BCUT2D eigenvalue weighted by atomic mass is 9.97. The van der Waals surface area contributed by atoms with Gasteiger partial charge in [0.05, 0.1) is 0 Å². The molecule has 1 heterocycles. The highest BCUT2D eigenvalue weighted by atomic mass is 32.1. The molecule has 0 aromatic heterocycles. The summed E-state index contributed by atoms with van der Waals surface area (Å²) in [5.41, 5.74) is 5.19. The quantitative estimate of drug-likeness (QED) is 0.639. The second-order valence-electron chi connectivity index (χ2n) is 8.57. The molecule has 0 amide bonds. The molecule has 0 unspecified atom stereocenters. The fraction of sp³-hybridized carbons (Fsp3) is 0.480. The van der Waals surface area contributed by atoms with E-state index < -0.39 is 0 Å². The number of nitrogens with one attached hydrogen (secondary N) is 1. The van der Waals surface area contributed by atoms with Gasteiger partial charge in [0.15, 0.2) is 5.11 Å². The molecular weight excluding hydrogens is 374 g/mol. The topological polar surface area (TPSA) is 18.5 Å². The standard InChI is InChI=1S/C25H35N3S/c1-19(2)23-11-8-12-24(20(23)3)26-25(29)28(22-14-16-27(4)17-15-22)18-13-21-9-6-5-7-10-21/h5-12,19,22H,13-18H2,1-4H3,(H,26,29). The highest BCUT2D eigenvalue weighted by Crippen LogP contribution is 2.26. The van der Waals surface area contributed by atoms with Gasteiger partial charge in [-0.3, -0.25) is 0 Å². The average Bonchev–Trinajstić information content (AvgIpc) is 2.71. The smallest absolute Gasteiger partial charge is 0.173 e. The lowest BCUT2D eigenvalue weighted by Crippen LogP contribution is -2.48. The van der Waals surface area contributed by atoms with Crippen LogP contribution in [0, 0.1) is 6.92 Å². The summed E-state index contributed by atoms with van der Waals surface area (Å²) in [4.78, 5) is 4.86. The van der Waals surface area contributed by atoms with Gasteiger partial charge in [-0.25, -0.2) is 0 Å². The van der Waals surface area contributed by atoms with Crippen molar-refractivity contribution in [3.05, 3.63) is 65.2 Å². The molecule has 1 aliphatic heterocycles. The number of likely N-dealkylation sites (tertiary alicyclic amines) is 1.